The van der Waals surface area contributed by atoms with Gasteiger partial charge in [-0.2, -0.15) is 5.10 Å². The normalized spacial score (nSPS) is 10.8. The summed E-state index contributed by atoms with van der Waals surface area (Å²) in [6, 6.07) is 13.3. The van der Waals surface area contributed by atoms with Gasteiger partial charge >= 0.3 is 0 Å². The number of hydrogen-bond acceptors (Lipinski definition) is 3. The maximum atomic E-state index is 11.4. The van der Waals surface area contributed by atoms with Gasteiger partial charge in [0.15, 0.2) is 5.78 Å². The van der Waals surface area contributed by atoms with Crippen LogP contribution in [0.1, 0.15) is 23.0 Å². The molecule has 21 heavy (non-hydrogen) atoms. The molecule has 0 amide bonds. The second-order valence-electron chi connectivity index (χ2n) is 4.71. The van der Waals surface area contributed by atoms with E-state index in [4.69, 9.17) is 16.3 Å². The Labute approximate surface area is 126 Å². The summed E-state index contributed by atoms with van der Waals surface area (Å²) in [7, 11) is 0. The van der Waals surface area contributed by atoms with Gasteiger partial charge in [-0.3, -0.25) is 4.79 Å². The number of pyridine rings is 1. The van der Waals surface area contributed by atoms with Gasteiger partial charge in [0.25, 0.3) is 0 Å². The molecule has 1 aromatic carbocycles. The minimum atomic E-state index is -0.0937. The number of carbonyl (C=O) groups excluding carboxylic acids is 1. The molecule has 106 valence electrons. The average molecular weight is 301 g/mol. The predicted molar refractivity (Wildman–Crippen MR) is 81.0 cm³/mol. The lowest BCUT2D eigenvalue weighted by molar-refractivity contribution is 0.101. The van der Waals surface area contributed by atoms with Crippen LogP contribution in [0.4, 0.5) is 0 Å². The van der Waals surface area contributed by atoms with Crippen molar-refractivity contribution in [3.63, 3.8) is 0 Å². The molecule has 0 aliphatic carbocycles. The zero-order valence-electron chi connectivity index (χ0n) is 11.4. The van der Waals surface area contributed by atoms with E-state index in [2.05, 4.69) is 5.10 Å². The molecule has 0 atom stereocenters. The van der Waals surface area contributed by atoms with Crippen LogP contribution < -0.4 is 4.74 Å². The molecule has 0 fully saturated rings. The van der Waals surface area contributed by atoms with Gasteiger partial charge in [-0.1, -0.05) is 41.9 Å². The van der Waals surface area contributed by atoms with Crippen LogP contribution in [0, 0.1) is 0 Å². The summed E-state index contributed by atoms with van der Waals surface area (Å²) in [4.78, 5) is 11.4. The van der Waals surface area contributed by atoms with Crippen LogP contribution in [0.3, 0.4) is 0 Å². The van der Waals surface area contributed by atoms with E-state index in [1.807, 2.05) is 30.3 Å². The van der Waals surface area contributed by atoms with Crippen molar-refractivity contribution in [3.8, 4) is 5.75 Å². The van der Waals surface area contributed by atoms with Gasteiger partial charge < -0.3 is 4.74 Å². The molecule has 0 aliphatic rings. The van der Waals surface area contributed by atoms with Crippen molar-refractivity contribution >= 4 is 22.9 Å². The maximum absolute atomic E-state index is 11.4. The summed E-state index contributed by atoms with van der Waals surface area (Å²) in [6.07, 6.45) is 1.65. The Morgan fingerprint density at radius 3 is 2.76 bits per heavy atom. The van der Waals surface area contributed by atoms with Crippen molar-refractivity contribution in [2.75, 3.05) is 0 Å². The molecule has 0 radical (unpaired) electrons. The quantitative estimate of drug-likeness (QED) is 0.689. The van der Waals surface area contributed by atoms with Crippen molar-refractivity contribution in [1.29, 1.82) is 0 Å². The molecular formula is C16H13ClN2O2. The third kappa shape index (κ3) is 2.90. The number of aromatic nitrogens is 2. The topological polar surface area (TPSA) is 43.6 Å². The number of nitrogens with zero attached hydrogens (tertiary/aromatic N) is 2. The molecule has 2 aromatic heterocycles. The summed E-state index contributed by atoms with van der Waals surface area (Å²) < 4.78 is 7.39. The van der Waals surface area contributed by atoms with E-state index in [9.17, 15) is 4.79 Å². The number of Topliss-reactive ketones (excluding diaryl/α,β-unsaturated/α-hetero) is 1. The largest absolute Gasteiger partial charge is 0.487 e. The first-order valence-electron chi connectivity index (χ1n) is 6.50. The standard InChI is InChI=1S/C16H13ClN2O2/c1-11(20)14-8-15-16(7-13(17)9-19(15)18-14)21-10-12-5-3-2-4-6-12/h2-9H,10H2,1H3. The first-order valence-corrected chi connectivity index (χ1v) is 6.88. The molecule has 3 rings (SSSR count). The van der Waals surface area contributed by atoms with Crippen LogP contribution in [0.15, 0.2) is 48.7 Å². The molecular weight excluding hydrogens is 288 g/mol. The summed E-state index contributed by atoms with van der Waals surface area (Å²) >= 11 is 6.07. The Bertz CT molecular complexity index is 797. The van der Waals surface area contributed by atoms with Crippen LogP contribution in [-0.2, 0) is 6.61 Å². The highest BCUT2D eigenvalue weighted by molar-refractivity contribution is 6.30. The smallest absolute Gasteiger partial charge is 0.180 e. The summed E-state index contributed by atoms with van der Waals surface area (Å²) in [5.41, 5.74) is 2.17. The van der Waals surface area contributed by atoms with Crippen LogP contribution >= 0.6 is 11.6 Å². The number of ether oxygens (including phenoxy) is 1. The highest BCUT2D eigenvalue weighted by atomic mass is 35.5. The second-order valence-corrected chi connectivity index (χ2v) is 5.15. The van der Waals surface area contributed by atoms with Crippen molar-refractivity contribution in [2.24, 2.45) is 0 Å². The zero-order valence-corrected chi connectivity index (χ0v) is 12.2. The van der Waals surface area contributed by atoms with Gasteiger partial charge in [0.05, 0.1) is 5.02 Å². The minimum absolute atomic E-state index is 0.0937. The van der Waals surface area contributed by atoms with Gasteiger partial charge in [0.1, 0.15) is 23.6 Å². The Kier molecular flexibility index (Phi) is 3.62. The molecule has 0 unspecified atom stereocenters. The molecule has 0 aliphatic heterocycles. The van der Waals surface area contributed by atoms with Gasteiger partial charge in [-0.25, -0.2) is 4.52 Å². The van der Waals surface area contributed by atoms with Gasteiger partial charge in [-0.15, -0.1) is 0 Å². The second kappa shape index (κ2) is 5.58. The number of benzene rings is 1. The molecule has 5 heteroatoms. The van der Waals surface area contributed by atoms with Crippen molar-refractivity contribution < 1.29 is 9.53 Å². The van der Waals surface area contributed by atoms with Crippen LogP contribution in [0.5, 0.6) is 5.75 Å². The van der Waals surface area contributed by atoms with E-state index in [-0.39, 0.29) is 5.78 Å². The molecule has 0 spiro atoms. The highest BCUT2D eigenvalue weighted by Gasteiger charge is 2.11. The van der Waals surface area contributed by atoms with Crippen LogP contribution in [0.2, 0.25) is 5.02 Å². The van der Waals surface area contributed by atoms with Crippen LogP contribution in [-0.4, -0.2) is 15.4 Å². The lowest BCUT2D eigenvalue weighted by Gasteiger charge is -2.08. The number of halogens is 1. The Balaban J connectivity index is 1.95. The number of ketones is 1. The third-order valence-electron chi connectivity index (χ3n) is 3.10. The number of rotatable bonds is 4. The first-order chi connectivity index (χ1) is 10.1. The Hall–Kier alpha value is -2.33. The van der Waals surface area contributed by atoms with E-state index in [0.29, 0.717) is 23.1 Å². The van der Waals surface area contributed by atoms with Gasteiger partial charge in [0, 0.05) is 19.2 Å². The summed E-state index contributed by atoms with van der Waals surface area (Å²) in [6.45, 7) is 1.91. The molecule has 0 saturated carbocycles. The van der Waals surface area contributed by atoms with E-state index in [1.54, 1.807) is 22.8 Å². The maximum Gasteiger partial charge on any atom is 0.180 e. The molecule has 0 N–H and O–H groups in total. The fourth-order valence-electron chi connectivity index (χ4n) is 2.05. The lowest BCUT2D eigenvalue weighted by Crippen LogP contribution is -1.98. The third-order valence-corrected chi connectivity index (χ3v) is 3.31. The number of fused-ring (bicyclic) bond motifs is 1. The molecule has 4 nitrogen and oxygen atoms in total. The highest BCUT2D eigenvalue weighted by Crippen LogP contribution is 2.26. The van der Waals surface area contributed by atoms with Gasteiger partial charge in [-0.05, 0) is 11.6 Å². The minimum Gasteiger partial charge on any atom is -0.487 e. The lowest BCUT2D eigenvalue weighted by atomic mass is 10.2. The molecule has 0 saturated heterocycles. The molecule has 2 heterocycles. The zero-order chi connectivity index (χ0) is 14.8. The van der Waals surface area contributed by atoms with E-state index >= 15 is 0 Å². The fourth-order valence-corrected chi connectivity index (χ4v) is 2.24. The van der Waals surface area contributed by atoms with Gasteiger partial charge in [0.2, 0.25) is 0 Å². The van der Waals surface area contributed by atoms with Crippen molar-refractivity contribution in [3.05, 3.63) is 64.9 Å². The van der Waals surface area contributed by atoms with E-state index in [0.717, 1.165) is 11.1 Å². The van der Waals surface area contributed by atoms with Crippen molar-refractivity contribution in [2.45, 2.75) is 13.5 Å². The SMILES string of the molecule is CC(=O)c1cc2c(OCc3ccccc3)cc(Cl)cn2n1. The fraction of sp³-hybridized carbons (Fsp3) is 0.125. The monoisotopic (exact) mass is 300 g/mol. The summed E-state index contributed by atoms with van der Waals surface area (Å²) in [5, 5.41) is 4.69. The van der Waals surface area contributed by atoms with E-state index < -0.39 is 0 Å². The summed E-state index contributed by atoms with van der Waals surface area (Å²) in [5.74, 6) is 0.509. The first kappa shape index (κ1) is 13.6. The Morgan fingerprint density at radius 2 is 2.05 bits per heavy atom. The predicted octanol–water partition coefficient (Wildman–Crippen LogP) is 3.77. The van der Waals surface area contributed by atoms with Crippen LogP contribution in [0.25, 0.3) is 5.52 Å². The van der Waals surface area contributed by atoms with Crippen molar-refractivity contribution in [1.82, 2.24) is 9.61 Å². The Morgan fingerprint density at radius 1 is 1.29 bits per heavy atom. The molecule has 3 aromatic rings. The molecule has 0 bridgehead atoms. The number of hydrogen-bond donors (Lipinski definition) is 0. The average Bonchev–Trinajstić information content (AvgIpc) is 2.90. The van der Waals surface area contributed by atoms with E-state index in [1.165, 1.54) is 6.92 Å². The number of carbonyl (C=O) groups is 1.